The average molecular weight is 330 g/mol. The Morgan fingerprint density at radius 1 is 1.17 bits per heavy atom. The molecular weight excluding hydrogens is 314 g/mol. The maximum Gasteiger partial charge on any atom is 0.362 e. The normalized spacial score (nSPS) is 19.9. The van der Waals surface area contributed by atoms with Crippen LogP contribution in [0.25, 0.3) is 10.6 Å². The van der Waals surface area contributed by atoms with Crippen molar-refractivity contribution in [1.29, 1.82) is 0 Å². The molecular formula is C18H16ClNO3. The molecule has 1 atom stereocenters. The van der Waals surface area contributed by atoms with Gasteiger partial charge in [-0.1, -0.05) is 60.1 Å². The maximum absolute atomic E-state index is 12.1. The minimum atomic E-state index is -1.72. The number of carbonyl (C=O) groups is 1. The number of ether oxygens (including phenoxy) is 1. The first-order valence-electron chi connectivity index (χ1n) is 7.30. The minimum Gasteiger partial charge on any atom is -0.477 e. The highest BCUT2D eigenvalue weighted by Gasteiger charge is 2.48. The summed E-state index contributed by atoms with van der Waals surface area (Å²) in [6.07, 6.45) is 0. The van der Waals surface area contributed by atoms with E-state index in [4.69, 9.17) is 16.3 Å². The molecule has 2 aromatic carbocycles. The van der Waals surface area contributed by atoms with Crippen LogP contribution in [0.4, 0.5) is 5.69 Å². The summed E-state index contributed by atoms with van der Waals surface area (Å²) in [6, 6.07) is 16.5. The number of halogens is 1. The number of hydrogen-bond acceptors (Lipinski definition) is 3. The van der Waals surface area contributed by atoms with Crippen molar-refractivity contribution in [2.24, 2.45) is 0 Å². The van der Waals surface area contributed by atoms with Crippen LogP contribution >= 0.6 is 11.6 Å². The lowest BCUT2D eigenvalue weighted by atomic mass is 9.88. The van der Waals surface area contributed by atoms with E-state index in [2.05, 4.69) is 5.32 Å². The molecule has 5 heteroatoms. The van der Waals surface area contributed by atoms with Crippen LogP contribution < -0.4 is 5.32 Å². The number of para-hydroxylation sites is 1. The Bertz CT molecular complexity index is 773. The monoisotopic (exact) mass is 329 g/mol. The summed E-state index contributed by atoms with van der Waals surface area (Å²) in [5.74, 6) is -1.13. The second-order valence-electron chi connectivity index (χ2n) is 5.14. The van der Waals surface area contributed by atoms with E-state index in [9.17, 15) is 9.90 Å². The van der Waals surface area contributed by atoms with Crippen molar-refractivity contribution in [3.05, 3.63) is 65.7 Å². The lowest BCUT2D eigenvalue weighted by Gasteiger charge is -2.38. The number of nitrogens with one attached hydrogen (secondary N) is 1. The fourth-order valence-corrected chi connectivity index (χ4v) is 3.21. The number of rotatable bonds is 4. The van der Waals surface area contributed by atoms with Crippen LogP contribution in [0.15, 0.2) is 54.6 Å². The molecule has 0 aromatic heterocycles. The summed E-state index contributed by atoms with van der Waals surface area (Å²) >= 11 is 6.61. The third-order valence-corrected chi connectivity index (χ3v) is 4.16. The minimum absolute atomic E-state index is 0.224. The van der Waals surface area contributed by atoms with E-state index in [1.807, 2.05) is 48.5 Å². The molecule has 0 fully saturated rings. The van der Waals surface area contributed by atoms with E-state index >= 15 is 0 Å². The Morgan fingerprint density at radius 3 is 2.48 bits per heavy atom. The molecule has 0 bridgehead atoms. The number of aliphatic carboxylic acids is 1. The Kier molecular flexibility index (Phi) is 4.11. The number of carboxylic acids is 1. The molecule has 118 valence electrons. The molecule has 3 rings (SSSR count). The number of fused-ring (bicyclic) bond motifs is 1. The highest BCUT2D eigenvalue weighted by Crippen LogP contribution is 2.46. The molecule has 23 heavy (non-hydrogen) atoms. The number of benzene rings is 2. The summed E-state index contributed by atoms with van der Waals surface area (Å²) in [7, 11) is 0. The first kappa shape index (κ1) is 15.6. The van der Waals surface area contributed by atoms with Crippen LogP contribution in [0.1, 0.15) is 18.1 Å². The van der Waals surface area contributed by atoms with Crippen LogP contribution in [0.5, 0.6) is 0 Å². The van der Waals surface area contributed by atoms with Gasteiger partial charge in [0.25, 0.3) is 5.72 Å². The smallest absolute Gasteiger partial charge is 0.362 e. The van der Waals surface area contributed by atoms with Gasteiger partial charge in [-0.25, -0.2) is 4.79 Å². The van der Waals surface area contributed by atoms with E-state index in [1.165, 1.54) is 0 Å². The van der Waals surface area contributed by atoms with Crippen LogP contribution in [-0.2, 0) is 9.53 Å². The molecule has 2 N–H and O–H groups in total. The largest absolute Gasteiger partial charge is 0.477 e. The number of anilines is 1. The van der Waals surface area contributed by atoms with Crippen molar-refractivity contribution in [2.75, 3.05) is 11.9 Å². The topological polar surface area (TPSA) is 58.6 Å². The highest BCUT2D eigenvalue weighted by molar-refractivity contribution is 6.54. The molecule has 1 aliphatic heterocycles. The van der Waals surface area contributed by atoms with Gasteiger partial charge in [-0.05, 0) is 18.6 Å². The molecule has 0 spiro atoms. The molecule has 2 aromatic rings. The first-order chi connectivity index (χ1) is 11.1. The summed E-state index contributed by atoms with van der Waals surface area (Å²) in [5.41, 5.74) is 0.780. The van der Waals surface area contributed by atoms with Gasteiger partial charge in [0.1, 0.15) is 0 Å². The Balaban J connectivity index is 2.32. The SMILES string of the molecule is CCOC1(C(=O)O)Nc2ccccc2C(Cl)=C1c1ccccc1. The highest BCUT2D eigenvalue weighted by atomic mass is 35.5. The van der Waals surface area contributed by atoms with Gasteiger partial charge in [0, 0.05) is 23.4 Å². The molecule has 0 radical (unpaired) electrons. The predicted molar refractivity (Wildman–Crippen MR) is 91.2 cm³/mol. The van der Waals surface area contributed by atoms with Gasteiger partial charge < -0.3 is 15.2 Å². The fraction of sp³-hybridized carbons (Fsp3) is 0.167. The quantitative estimate of drug-likeness (QED) is 0.889. The molecule has 1 unspecified atom stereocenters. The maximum atomic E-state index is 12.1. The van der Waals surface area contributed by atoms with Gasteiger partial charge >= 0.3 is 5.97 Å². The van der Waals surface area contributed by atoms with Crippen LogP contribution in [-0.4, -0.2) is 23.4 Å². The van der Waals surface area contributed by atoms with E-state index < -0.39 is 11.7 Å². The third kappa shape index (κ3) is 2.50. The first-order valence-corrected chi connectivity index (χ1v) is 7.68. The number of carboxylic acid groups (broad SMARTS) is 1. The van der Waals surface area contributed by atoms with Crippen molar-refractivity contribution in [3.8, 4) is 0 Å². The van der Waals surface area contributed by atoms with Crippen LogP contribution in [0.3, 0.4) is 0 Å². The summed E-state index contributed by atoms with van der Waals surface area (Å²) < 4.78 is 5.67. The molecule has 0 amide bonds. The zero-order valence-electron chi connectivity index (χ0n) is 12.5. The van der Waals surface area contributed by atoms with E-state index in [0.717, 1.165) is 5.56 Å². The fourth-order valence-electron chi connectivity index (χ4n) is 2.81. The molecule has 0 saturated heterocycles. The van der Waals surface area contributed by atoms with E-state index in [0.29, 0.717) is 21.9 Å². The molecule has 4 nitrogen and oxygen atoms in total. The second-order valence-corrected chi connectivity index (χ2v) is 5.52. The van der Waals surface area contributed by atoms with Crippen molar-refractivity contribution < 1.29 is 14.6 Å². The van der Waals surface area contributed by atoms with Gasteiger partial charge in [-0.2, -0.15) is 0 Å². The molecule has 0 saturated carbocycles. The molecule has 1 aliphatic rings. The lowest BCUT2D eigenvalue weighted by molar-refractivity contribution is -0.154. The Hall–Kier alpha value is -2.30. The predicted octanol–water partition coefficient (Wildman–Crippen LogP) is 4.04. The van der Waals surface area contributed by atoms with Gasteiger partial charge in [0.05, 0.1) is 5.03 Å². The van der Waals surface area contributed by atoms with Crippen molar-refractivity contribution in [3.63, 3.8) is 0 Å². The molecule has 0 aliphatic carbocycles. The Labute approximate surface area is 139 Å². The zero-order valence-corrected chi connectivity index (χ0v) is 13.3. The Morgan fingerprint density at radius 2 is 1.83 bits per heavy atom. The van der Waals surface area contributed by atoms with E-state index in [-0.39, 0.29) is 6.61 Å². The molecule has 1 heterocycles. The van der Waals surface area contributed by atoms with Gasteiger partial charge in [-0.15, -0.1) is 0 Å². The number of hydrogen-bond donors (Lipinski definition) is 2. The van der Waals surface area contributed by atoms with Gasteiger partial charge in [0.15, 0.2) is 0 Å². The van der Waals surface area contributed by atoms with Crippen molar-refractivity contribution in [1.82, 2.24) is 0 Å². The van der Waals surface area contributed by atoms with E-state index in [1.54, 1.807) is 13.0 Å². The lowest BCUT2D eigenvalue weighted by Crippen LogP contribution is -2.51. The standard InChI is InChI=1S/C18H16ClNO3/c1-2-23-18(17(21)22)15(12-8-4-3-5-9-12)16(19)13-10-6-7-11-14(13)20-18/h3-11,20H,2H2,1H3,(H,21,22). The van der Waals surface area contributed by atoms with Gasteiger partial charge in [-0.3, -0.25) is 0 Å². The van der Waals surface area contributed by atoms with Crippen LogP contribution in [0.2, 0.25) is 0 Å². The van der Waals surface area contributed by atoms with Gasteiger partial charge in [0.2, 0.25) is 0 Å². The summed E-state index contributed by atoms with van der Waals surface area (Å²) in [4.78, 5) is 12.1. The van der Waals surface area contributed by atoms with Crippen molar-refractivity contribution in [2.45, 2.75) is 12.6 Å². The second kappa shape index (κ2) is 6.07. The van der Waals surface area contributed by atoms with Crippen LogP contribution in [0, 0.1) is 0 Å². The van der Waals surface area contributed by atoms with Crippen molar-refractivity contribution >= 4 is 33.9 Å². The zero-order chi connectivity index (χ0) is 16.4. The third-order valence-electron chi connectivity index (χ3n) is 3.77. The average Bonchev–Trinajstić information content (AvgIpc) is 2.56. The summed E-state index contributed by atoms with van der Waals surface area (Å²) in [5, 5.41) is 13.3. The summed E-state index contributed by atoms with van der Waals surface area (Å²) in [6.45, 7) is 1.98.